The first-order valence-electron chi connectivity index (χ1n) is 12.6. The van der Waals surface area contributed by atoms with Gasteiger partial charge in [-0.05, 0) is 40.5 Å². The largest absolute Gasteiger partial charge is 0.444 e. The van der Waals surface area contributed by atoms with Crippen molar-refractivity contribution in [3.05, 3.63) is 17.8 Å². The molecule has 3 N–H and O–H groups in total. The molecule has 0 unspecified atom stereocenters. The maximum absolute atomic E-state index is 12.4. The molecule has 3 rings (SSSR count). The monoisotopic (exact) mass is 513 g/mol. The molecule has 0 atom stereocenters. The van der Waals surface area contributed by atoms with E-state index in [4.69, 9.17) is 14.9 Å². The molecule has 202 valence electrons. The zero-order valence-electron chi connectivity index (χ0n) is 23.1. The molecule has 0 saturated carbocycles. The number of amides is 1. The van der Waals surface area contributed by atoms with E-state index in [1.54, 1.807) is 18.1 Å². The number of nitrogens with two attached hydrogens (primary N) is 1. The van der Waals surface area contributed by atoms with E-state index in [2.05, 4.69) is 35.5 Å². The van der Waals surface area contributed by atoms with Crippen LogP contribution in [0, 0.1) is 5.92 Å². The molecule has 0 spiro atoms. The van der Waals surface area contributed by atoms with Gasteiger partial charge in [0.2, 0.25) is 5.89 Å². The lowest BCUT2D eigenvalue weighted by atomic mass is 9.95. The molecule has 0 radical (unpaired) electrons. The highest BCUT2D eigenvalue weighted by Crippen LogP contribution is 2.27. The van der Waals surface area contributed by atoms with Gasteiger partial charge in [-0.2, -0.15) is 0 Å². The highest BCUT2D eigenvalue weighted by Gasteiger charge is 2.30. The van der Waals surface area contributed by atoms with Gasteiger partial charge in [0.05, 0.1) is 6.20 Å². The van der Waals surface area contributed by atoms with Crippen LogP contribution >= 0.6 is 0 Å². The quantitative estimate of drug-likeness (QED) is 0.461. The molecule has 1 saturated heterocycles. The van der Waals surface area contributed by atoms with Crippen LogP contribution in [0.2, 0.25) is 0 Å². The molecule has 1 aliphatic heterocycles. The first-order chi connectivity index (χ1) is 17.3. The summed E-state index contributed by atoms with van der Waals surface area (Å²) in [6.45, 7) is 15.2. The van der Waals surface area contributed by atoms with Gasteiger partial charge in [-0.3, -0.25) is 9.98 Å². The number of nitrogens with one attached hydrogen (secondary N) is 1. The molecule has 0 aliphatic carbocycles. The van der Waals surface area contributed by atoms with E-state index in [0.29, 0.717) is 42.7 Å². The number of nitrogen functional groups attached to an aromatic ring is 1. The first kappa shape index (κ1) is 28.0. The van der Waals surface area contributed by atoms with Gasteiger partial charge in [0.15, 0.2) is 17.3 Å². The number of hydrogen-bond donors (Lipinski definition) is 2. The van der Waals surface area contributed by atoms with Crippen molar-refractivity contribution in [3.8, 4) is 11.6 Å². The number of nitrogens with zero attached hydrogens (tertiary/aromatic N) is 7. The zero-order valence-corrected chi connectivity index (χ0v) is 23.1. The second-order valence-corrected chi connectivity index (χ2v) is 10.9. The third-order valence-corrected chi connectivity index (χ3v) is 5.65. The van der Waals surface area contributed by atoms with Gasteiger partial charge in [-0.1, -0.05) is 20.8 Å². The van der Waals surface area contributed by atoms with Crippen molar-refractivity contribution in [3.63, 3.8) is 0 Å². The number of anilines is 1. The van der Waals surface area contributed by atoms with Crippen molar-refractivity contribution in [1.29, 1.82) is 0 Å². The lowest BCUT2D eigenvalue weighted by Gasteiger charge is -2.34. The van der Waals surface area contributed by atoms with E-state index >= 15 is 0 Å². The summed E-state index contributed by atoms with van der Waals surface area (Å²) < 4.78 is 11.3. The Kier molecular flexibility index (Phi) is 8.49. The summed E-state index contributed by atoms with van der Waals surface area (Å²) in [5, 5.41) is 11.6. The number of amidine groups is 2. The molecule has 12 heteroatoms. The van der Waals surface area contributed by atoms with Crippen molar-refractivity contribution in [2.24, 2.45) is 15.9 Å². The number of piperidine rings is 1. The van der Waals surface area contributed by atoms with Crippen molar-refractivity contribution in [2.45, 2.75) is 72.3 Å². The SMILES string of the molecule is CCN=C(NC(=NC)C1CCN(C(=O)OC(C)(C)C)CC1)c1cnc(N)c(-c2nnc(C(C)(C)C)o2)n1. The van der Waals surface area contributed by atoms with Gasteiger partial charge >= 0.3 is 6.09 Å². The summed E-state index contributed by atoms with van der Waals surface area (Å²) in [7, 11) is 1.73. The van der Waals surface area contributed by atoms with Crippen molar-refractivity contribution < 1.29 is 13.9 Å². The number of aliphatic imine (C=N–C) groups is 2. The van der Waals surface area contributed by atoms with Gasteiger partial charge in [0.1, 0.15) is 17.1 Å². The van der Waals surface area contributed by atoms with Crippen LogP contribution in [-0.2, 0) is 10.2 Å². The molecule has 1 amide bonds. The Morgan fingerprint density at radius 2 is 1.89 bits per heavy atom. The number of carbonyl (C=O) groups is 1. The Morgan fingerprint density at radius 3 is 2.43 bits per heavy atom. The van der Waals surface area contributed by atoms with Crippen molar-refractivity contribution in [2.75, 3.05) is 32.4 Å². The average Bonchev–Trinajstić information content (AvgIpc) is 3.32. The van der Waals surface area contributed by atoms with E-state index in [1.165, 1.54) is 0 Å². The topological polar surface area (TPSA) is 157 Å². The normalized spacial score (nSPS) is 16.2. The highest BCUT2D eigenvalue weighted by atomic mass is 16.6. The van der Waals surface area contributed by atoms with Gasteiger partial charge in [0, 0.05) is 38.0 Å². The first-order valence-corrected chi connectivity index (χ1v) is 12.6. The number of rotatable bonds is 4. The lowest BCUT2D eigenvalue weighted by Crippen LogP contribution is -2.46. The summed E-state index contributed by atoms with van der Waals surface area (Å²) in [5.41, 5.74) is 6.05. The molecule has 1 fully saturated rings. The predicted molar refractivity (Wildman–Crippen MR) is 143 cm³/mol. The lowest BCUT2D eigenvalue weighted by molar-refractivity contribution is 0.0201. The Morgan fingerprint density at radius 1 is 1.22 bits per heavy atom. The van der Waals surface area contributed by atoms with Crippen LogP contribution in [0.25, 0.3) is 11.6 Å². The average molecular weight is 514 g/mol. The molecule has 12 nitrogen and oxygen atoms in total. The molecule has 1 aliphatic rings. The Hall–Kier alpha value is -3.57. The summed E-state index contributed by atoms with van der Waals surface area (Å²) in [5.74, 6) is 2.27. The summed E-state index contributed by atoms with van der Waals surface area (Å²) in [6, 6.07) is 0. The van der Waals surface area contributed by atoms with E-state index in [1.807, 2.05) is 48.5 Å². The molecule has 2 aromatic heterocycles. The fourth-order valence-electron chi connectivity index (χ4n) is 3.76. The number of hydrogen-bond acceptors (Lipinski definition) is 10. The summed E-state index contributed by atoms with van der Waals surface area (Å²) in [6.07, 6.45) is 2.76. The minimum atomic E-state index is -0.522. The fourth-order valence-corrected chi connectivity index (χ4v) is 3.76. The Balaban J connectivity index is 1.77. The third-order valence-electron chi connectivity index (χ3n) is 5.65. The minimum absolute atomic E-state index is 0.122. The Bertz CT molecular complexity index is 1150. The van der Waals surface area contributed by atoms with Gasteiger partial charge in [-0.15, -0.1) is 10.2 Å². The second kappa shape index (κ2) is 11.2. The van der Waals surface area contributed by atoms with Crippen molar-refractivity contribution in [1.82, 2.24) is 30.4 Å². The number of ether oxygens (including phenoxy) is 1. The van der Waals surface area contributed by atoms with E-state index in [0.717, 1.165) is 18.7 Å². The van der Waals surface area contributed by atoms with Gasteiger partial charge < -0.3 is 25.1 Å². The minimum Gasteiger partial charge on any atom is -0.444 e. The summed E-state index contributed by atoms with van der Waals surface area (Å²) >= 11 is 0. The van der Waals surface area contributed by atoms with E-state index in [9.17, 15) is 4.79 Å². The van der Waals surface area contributed by atoms with Crippen LogP contribution in [0.15, 0.2) is 20.6 Å². The second-order valence-electron chi connectivity index (χ2n) is 10.9. The molecule has 0 bridgehead atoms. The maximum Gasteiger partial charge on any atom is 0.410 e. The van der Waals surface area contributed by atoms with Crippen LogP contribution < -0.4 is 11.1 Å². The fraction of sp³-hybridized carbons (Fsp3) is 0.640. The number of carbonyl (C=O) groups excluding carboxylic acids is 1. The molecule has 0 aromatic carbocycles. The highest BCUT2D eigenvalue weighted by molar-refractivity contribution is 6.09. The number of likely N-dealkylation sites (tertiary alicyclic amines) is 1. The van der Waals surface area contributed by atoms with Gasteiger partial charge in [-0.25, -0.2) is 14.8 Å². The van der Waals surface area contributed by atoms with Gasteiger partial charge in [0.25, 0.3) is 5.89 Å². The summed E-state index contributed by atoms with van der Waals surface area (Å²) in [4.78, 5) is 32.2. The molecule has 37 heavy (non-hydrogen) atoms. The van der Waals surface area contributed by atoms with Crippen molar-refractivity contribution >= 4 is 23.6 Å². The Labute approximate surface area is 218 Å². The van der Waals surface area contributed by atoms with Crippen LogP contribution in [0.4, 0.5) is 10.6 Å². The molecular formula is C25H39N9O3. The molecular weight excluding hydrogens is 474 g/mol. The van der Waals surface area contributed by atoms with Crippen LogP contribution in [0.5, 0.6) is 0 Å². The number of aromatic nitrogens is 4. The molecule has 3 heterocycles. The molecule has 2 aromatic rings. The zero-order chi connectivity index (χ0) is 27.4. The predicted octanol–water partition coefficient (Wildman–Crippen LogP) is 3.44. The van der Waals surface area contributed by atoms with E-state index < -0.39 is 5.60 Å². The smallest absolute Gasteiger partial charge is 0.410 e. The van der Waals surface area contributed by atoms with Crippen LogP contribution in [0.1, 0.15) is 72.9 Å². The standard InChI is InChI=1S/C25H39N9O3/c1-9-28-20(16-14-29-18(26)17(30-16)21-32-33-22(36-21)24(2,3)4)31-19(27-8)15-10-12-34(13-11-15)23(35)37-25(5,6)7/h14-15H,9-13H2,1-8H3,(H2,26,29)(H,27,28,31). The van der Waals surface area contributed by atoms with Crippen LogP contribution in [-0.4, -0.2) is 75.1 Å². The van der Waals surface area contributed by atoms with Crippen LogP contribution in [0.3, 0.4) is 0 Å². The van der Waals surface area contributed by atoms with E-state index in [-0.39, 0.29) is 29.1 Å². The third kappa shape index (κ3) is 7.23. The maximum atomic E-state index is 12.4.